The third kappa shape index (κ3) is 3.79. The van der Waals surface area contributed by atoms with Crippen LogP contribution in [0.4, 0.5) is 0 Å². The molecule has 0 aliphatic rings. The predicted octanol–water partition coefficient (Wildman–Crippen LogP) is 1.68. The molecule has 0 spiro atoms. The Bertz CT molecular complexity index is 699. The molecule has 0 aliphatic carbocycles. The SMILES string of the molecule is C[C@@H](O)[C@@H](C(=O)NO)N(C)C(=O)c1ccc(-c2ccccc2)cc1. The van der Waals surface area contributed by atoms with Crippen molar-refractivity contribution in [2.75, 3.05) is 7.05 Å². The summed E-state index contributed by atoms with van der Waals surface area (Å²) < 4.78 is 0. The fraction of sp³-hybridized carbons (Fsp3) is 0.222. The molecular formula is C18H20N2O4. The summed E-state index contributed by atoms with van der Waals surface area (Å²) >= 11 is 0. The summed E-state index contributed by atoms with van der Waals surface area (Å²) in [5.74, 6) is -1.27. The Morgan fingerprint density at radius 2 is 1.54 bits per heavy atom. The molecule has 0 radical (unpaired) electrons. The molecule has 3 N–H and O–H groups in total. The molecule has 0 fully saturated rings. The summed E-state index contributed by atoms with van der Waals surface area (Å²) in [6.07, 6.45) is -1.13. The third-order valence-electron chi connectivity index (χ3n) is 3.81. The molecule has 0 unspecified atom stereocenters. The van der Waals surface area contributed by atoms with Crippen LogP contribution in [0.2, 0.25) is 0 Å². The molecule has 24 heavy (non-hydrogen) atoms. The zero-order valence-corrected chi connectivity index (χ0v) is 13.5. The van der Waals surface area contributed by atoms with Crippen molar-refractivity contribution in [1.82, 2.24) is 10.4 Å². The van der Waals surface area contributed by atoms with Crippen LogP contribution in [0.25, 0.3) is 11.1 Å². The minimum atomic E-state index is -1.18. The second-order valence-electron chi connectivity index (χ2n) is 5.52. The van der Waals surface area contributed by atoms with E-state index in [-0.39, 0.29) is 0 Å². The minimum Gasteiger partial charge on any atom is -0.391 e. The number of carbonyl (C=O) groups excluding carboxylic acids is 2. The zero-order chi connectivity index (χ0) is 17.7. The summed E-state index contributed by atoms with van der Waals surface area (Å²) in [7, 11) is 1.40. The average molecular weight is 328 g/mol. The number of hydrogen-bond acceptors (Lipinski definition) is 4. The van der Waals surface area contributed by atoms with Crippen LogP contribution in [0.5, 0.6) is 0 Å². The molecule has 0 aromatic heterocycles. The molecule has 2 aromatic carbocycles. The first-order valence-corrected chi connectivity index (χ1v) is 7.50. The van der Waals surface area contributed by atoms with Crippen LogP contribution in [0.3, 0.4) is 0 Å². The normalized spacial score (nSPS) is 13.0. The number of amides is 2. The molecule has 6 heteroatoms. The van der Waals surface area contributed by atoms with E-state index in [2.05, 4.69) is 0 Å². The lowest BCUT2D eigenvalue weighted by Gasteiger charge is -2.28. The van der Waals surface area contributed by atoms with Crippen molar-refractivity contribution in [2.45, 2.75) is 19.1 Å². The fourth-order valence-electron chi connectivity index (χ4n) is 2.55. The van der Waals surface area contributed by atoms with Crippen molar-refractivity contribution in [2.24, 2.45) is 0 Å². The lowest BCUT2D eigenvalue weighted by atomic mass is 10.0. The van der Waals surface area contributed by atoms with Gasteiger partial charge in [-0.3, -0.25) is 14.8 Å². The second-order valence-corrected chi connectivity index (χ2v) is 5.52. The number of nitrogens with one attached hydrogen (secondary N) is 1. The maximum absolute atomic E-state index is 12.5. The second kappa shape index (κ2) is 7.72. The number of nitrogens with zero attached hydrogens (tertiary/aromatic N) is 1. The van der Waals surface area contributed by atoms with E-state index in [0.29, 0.717) is 5.56 Å². The van der Waals surface area contributed by atoms with Gasteiger partial charge in [-0.2, -0.15) is 0 Å². The van der Waals surface area contributed by atoms with Crippen molar-refractivity contribution in [3.05, 3.63) is 60.2 Å². The van der Waals surface area contributed by atoms with Crippen molar-refractivity contribution in [3.8, 4) is 11.1 Å². The monoisotopic (exact) mass is 328 g/mol. The molecule has 0 heterocycles. The Labute approximate surface area is 140 Å². The molecule has 0 bridgehead atoms. The molecule has 0 saturated carbocycles. The quantitative estimate of drug-likeness (QED) is 0.575. The van der Waals surface area contributed by atoms with E-state index in [1.807, 2.05) is 42.5 Å². The number of hydrogen-bond donors (Lipinski definition) is 3. The number of aliphatic hydroxyl groups is 1. The van der Waals surface area contributed by atoms with Gasteiger partial charge in [0.2, 0.25) is 0 Å². The number of benzene rings is 2. The number of carbonyl (C=O) groups is 2. The number of rotatable bonds is 5. The molecule has 2 aromatic rings. The number of likely N-dealkylation sites (N-methyl/N-ethyl adjacent to an activating group) is 1. The zero-order valence-electron chi connectivity index (χ0n) is 13.5. The van der Waals surface area contributed by atoms with Gasteiger partial charge in [0.25, 0.3) is 11.8 Å². The smallest absolute Gasteiger partial charge is 0.268 e. The molecule has 2 rings (SSSR count). The third-order valence-corrected chi connectivity index (χ3v) is 3.81. The van der Waals surface area contributed by atoms with Gasteiger partial charge >= 0.3 is 0 Å². The van der Waals surface area contributed by atoms with E-state index in [9.17, 15) is 14.7 Å². The maximum atomic E-state index is 12.5. The molecule has 2 amide bonds. The number of aliphatic hydroxyl groups excluding tert-OH is 1. The van der Waals surface area contributed by atoms with Gasteiger partial charge in [-0.05, 0) is 30.2 Å². The van der Waals surface area contributed by atoms with Gasteiger partial charge in [-0.1, -0.05) is 42.5 Å². The molecule has 6 nitrogen and oxygen atoms in total. The topological polar surface area (TPSA) is 89.9 Å². The van der Waals surface area contributed by atoms with Crippen LogP contribution in [0, 0.1) is 0 Å². The summed E-state index contributed by atoms with van der Waals surface area (Å²) in [6, 6.07) is 15.5. The molecule has 2 atom stereocenters. The summed E-state index contributed by atoms with van der Waals surface area (Å²) in [5, 5.41) is 18.5. The Kier molecular flexibility index (Phi) is 5.68. The fourth-order valence-corrected chi connectivity index (χ4v) is 2.55. The van der Waals surface area contributed by atoms with E-state index in [1.165, 1.54) is 19.5 Å². The highest BCUT2D eigenvalue weighted by Crippen LogP contribution is 2.20. The highest BCUT2D eigenvalue weighted by Gasteiger charge is 2.31. The van der Waals surface area contributed by atoms with Gasteiger partial charge in [-0.25, -0.2) is 5.48 Å². The van der Waals surface area contributed by atoms with Crippen LogP contribution >= 0.6 is 0 Å². The van der Waals surface area contributed by atoms with Gasteiger partial charge < -0.3 is 10.0 Å². The standard InChI is InChI=1S/C18H20N2O4/c1-12(21)16(17(22)19-24)20(2)18(23)15-10-8-14(9-11-15)13-6-4-3-5-7-13/h3-12,16,21,24H,1-2H3,(H,19,22)/t12-,16+/m1/s1. The van der Waals surface area contributed by atoms with Gasteiger partial charge in [0.15, 0.2) is 0 Å². The highest BCUT2D eigenvalue weighted by atomic mass is 16.5. The van der Waals surface area contributed by atoms with Crippen LogP contribution in [-0.2, 0) is 4.79 Å². The van der Waals surface area contributed by atoms with E-state index >= 15 is 0 Å². The van der Waals surface area contributed by atoms with E-state index in [0.717, 1.165) is 16.0 Å². The Morgan fingerprint density at radius 1 is 1.00 bits per heavy atom. The van der Waals surface area contributed by atoms with E-state index in [1.54, 1.807) is 12.1 Å². The van der Waals surface area contributed by atoms with Crippen molar-refractivity contribution in [3.63, 3.8) is 0 Å². The Hall–Kier alpha value is -2.70. The molecule has 0 aliphatic heterocycles. The lowest BCUT2D eigenvalue weighted by molar-refractivity contribution is -0.137. The van der Waals surface area contributed by atoms with Crippen molar-refractivity contribution < 1.29 is 19.9 Å². The van der Waals surface area contributed by atoms with Gasteiger partial charge in [0, 0.05) is 12.6 Å². The highest BCUT2D eigenvalue weighted by molar-refractivity contribution is 5.97. The molecule has 0 saturated heterocycles. The van der Waals surface area contributed by atoms with E-state index < -0.39 is 24.0 Å². The van der Waals surface area contributed by atoms with Crippen LogP contribution < -0.4 is 5.48 Å². The van der Waals surface area contributed by atoms with Crippen molar-refractivity contribution in [1.29, 1.82) is 0 Å². The first-order valence-electron chi connectivity index (χ1n) is 7.50. The van der Waals surface area contributed by atoms with Crippen LogP contribution in [0.1, 0.15) is 17.3 Å². The first-order chi connectivity index (χ1) is 11.5. The minimum absolute atomic E-state index is 0.383. The Morgan fingerprint density at radius 3 is 2.04 bits per heavy atom. The van der Waals surface area contributed by atoms with Crippen LogP contribution in [0.15, 0.2) is 54.6 Å². The van der Waals surface area contributed by atoms with Crippen LogP contribution in [-0.4, -0.2) is 46.2 Å². The lowest BCUT2D eigenvalue weighted by Crippen LogP contribution is -2.52. The van der Waals surface area contributed by atoms with Gasteiger partial charge in [-0.15, -0.1) is 0 Å². The van der Waals surface area contributed by atoms with Gasteiger partial charge in [0.1, 0.15) is 6.04 Å². The average Bonchev–Trinajstić information content (AvgIpc) is 2.61. The molecular weight excluding hydrogens is 308 g/mol. The maximum Gasteiger partial charge on any atom is 0.268 e. The summed E-state index contributed by atoms with van der Waals surface area (Å²) in [5.41, 5.74) is 3.86. The van der Waals surface area contributed by atoms with Gasteiger partial charge in [0.05, 0.1) is 6.10 Å². The summed E-state index contributed by atoms with van der Waals surface area (Å²) in [6.45, 7) is 1.38. The number of hydroxylamine groups is 1. The molecule has 126 valence electrons. The largest absolute Gasteiger partial charge is 0.391 e. The van der Waals surface area contributed by atoms with Crippen molar-refractivity contribution >= 4 is 11.8 Å². The predicted molar refractivity (Wildman–Crippen MR) is 89.4 cm³/mol. The van der Waals surface area contributed by atoms with E-state index in [4.69, 9.17) is 5.21 Å². The summed E-state index contributed by atoms with van der Waals surface area (Å²) in [4.78, 5) is 25.3. The first kappa shape index (κ1) is 17.7. The Balaban J connectivity index is 2.21.